The predicted octanol–water partition coefficient (Wildman–Crippen LogP) is 3.23. The van der Waals surface area contributed by atoms with E-state index in [0.717, 1.165) is 10.9 Å². The molecule has 0 aromatic heterocycles. The Labute approximate surface area is 92.5 Å². The van der Waals surface area contributed by atoms with Crippen LogP contribution in [0.2, 0.25) is 0 Å². The third-order valence-electron chi connectivity index (χ3n) is 1.94. The number of rotatable bonds is 3. The molecule has 0 heterocycles. The average Bonchev–Trinajstić information content (AvgIpc) is 2.03. The third kappa shape index (κ3) is 3.08. The first-order chi connectivity index (χ1) is 6.11. The molecular weight excluding hydrogens is 246 g/mol. The van der Waals surface area contributed by atoms with Crippen LogP contribution in [-0.2, 0) is 0 Å². The van der Waals surface area contributed by atoms with Crippen LogP contribution in [0.25, 0.3) is 0 Å². The molecule has 0 fully saturated rings. The van der Waals surface area contributed by atoms with Gasteiger partial charge in [0.25, 0.3) is 0 Å². The van der Waals surface area contributed by atoms with Gasteiger partial charge in [-0.3, -0.25) is 0 Å². The van der Waals surface area contributed by atoms with Gasteiger partial charge >= 0.3 is 0 Å². The van der Waals surface area contributed by atoms with E-state index in [9.17, 15) is 0 Å². The summed E-state index contributed by atoms with van der Waals surface area (Å²) in [7, 11) is 0. The standard InChI is InChI=1S/C10H12BrNS/c1-7(6-10(12)13)8-4-2-3-5-9(8)11/h2-5,7H,6H2,1H3,(H2,12,13). The first-order valence-corrected chi connectivity index (χ1v) is 5.34. The minimum Gasteiger partial charge on any atom is -0.393 e. The van der Waals surface area contributed by atoms with Crippen molar-refractivity contribution in [3.63, 3.8) is 0 Å². The molecule has 0 aliphatic carbocycles. The zero-order chi connectivity index (χ0) is 9.84. The van der Waals surface area contributed by atoms with Crippen molar-refractivity contribution >= 4 is 33.1 Å². The molecule has 0 aliphatic rings. The largest absolute Gasteiger partial charge is 0.393 e. The van der Waals surface area contributed by atoms with E-state index in [1.54, 1.807) is 0 Å². The van der Waals surface area contributed by atoms with E-state index in [2.05, 4.69) is 28.9 Å². The zero-order valence-electron chi connectivity index (χ0n) is 7.46. The highest BCUT2D eigenvalue weighted by atomic mass is 79.9. The van der Waals surface area contributed by atoms with Gasteiger partial charge in [0.1, 0.15) is 0 Å². The Morgan fingerprint density at radius 1 is 1.54 bits per heavy atom. The predicted molar refractivity (Wildman–Crippen MR) is 64.0 cm³/mol. The Morgan fingerprint density at radius 3 is 2.69 bits per heavy atom. The summed E-state index contributed by atoms with van der Waals surface area (Å²) in [6.07, 6.45) is 0.762. The van der Waals surface area contributed by atoms with E-state index >= 15 is 0 Å². The molecule has 1 nitrogen and oxygen atoms in total. The number of nitrogens with two attached hydrogens (primary N) is 1. The van der Waals surface area contributed by atoms with Crippen molar-refractivity contribution in [3.05, 3.63) is 34.3 Å². The Hall–Kier alpha value is -0.410. The second-order valence-corrected chi connectivity index (χ2v) is 4.47. The molecule has 0 spiro atoms. The zero-order valence-corrected chi connectivity index (χ0v) is 9.86. The smallest absolute Gasteiger partial charge is 0.0733 e. The van der Waals surface area contributed by atoms with Gasteiger partial charge in [-0.1, -0.05) is 53.3 Å². The van der Waals surface area contributed by atoms with E-state index in [1.165, 1.54) is 5.56 Å². The summed E-state index contributed by atoms with van der Waals surface area (Å²) in [4.78, 5) is 0.572. The van der Waals surface area contributed by atoms with Crippen LogP contribution in [0.1, 0.15) is 24.8 Å². The van der Waals surface area contributed by atoms with Gasteiger partial charge in [0.2, 0.25) is 0 Å². The van der Waals surface area contributed by atoms with Crippen LogP contribution < -0.4 is 5.73 Å². The molecular formula is C10H12BrNS. The third-order valence-corrected chi connectivity index (χ3v) is 2.83. The summed E-state index contributed by atoms with van der Waals surface area (Å²) in [6.45, 7) is 2.12. The van der Waals surface area contributed by atoms with Gasteiger partial charge in [0, 0.05) is 10.9 Å². The van der Waals surface area contributed by atoms with Gasteiger partial charge in [-0.15, -0.1) is 0 Å². The second kappa shape index (κ2) is 4.72. The molecule has 1 aromatic carbocycles. The Morgan fingerprint density at radius 2 is 2.15 bits per heavy atom. The van der Waals surface area contributed by atoms with E-state index < -0.39 is 0 Å². The minimum absolute atomic E-state index is 0.382. The molecule has 2 N–H and O–H groups in total. The molecule has 13 heavy (non-hydrogen) atoms. The van der Waals surface area contributed by atoms with Crippen LogP contribution in [0, 0.1) is 0 Å². The van der Waals surface area contributed by atoms with Gasteiger partial charge in [0.05, 0.1) is 4.99 Å². The van der Waals surface area contributed by atoms with Crippen LogP contribution in [0.4, 0.5) is 0 Å². The van der Waals surface area contributed by atoms with E-state index in [4.69, 9.17) is 18.0 Å². The molecule has 1 unspecified atom stereocenters. The molecule has 1 aromatic rings. The van der Waals surface area contributed by atoms with Crippen molar-refractivity contribution in [2.24, 2.45) is 5.73 Å². The number of hydrogen-bond donors (Lipinski definition) is 1. The maximum absolute atomic E-state index is 5.50. The summed E-state index contributed by atoms with van der Waals surface area (Å²) < 4.78 is 1.12. The van der Waals surface area contributed by atoms with E-state index in [0.29, 0.717) is 10.9 Å². The topological polar surface area (TPSA) is 26.0 Å². The molecule has 0 saturated carbocycles. The fourth-order valence-electron chi connectivity index (χ4n) is 1.29. The summed E-state index contributed by atoms with van der Waals surface area (Å²) >= 11 is 8.38. The SMILES string of the molecule is CC(CC(N)=S)c1ccccc1Br. The van der Waals surface area contributed by atoms with Gasteiger partial charge in [-0.05, 0) is 17.5 Å². The van der Waals surface area contributed by atoms with E-state index in [-0.39, 0.29) is 0 Å². The van der Waals surface area contributed by atoms with Crippen molar-refractivity contribution in [1.82, 2.24) is 0 Å². The van der Waals surface area contributed by atoms with E-state index in [1.807, 2.05) is 18.2 Å². The highest BCUT2D eigenvalue weighted by Crippen LogP contribution is 2.26. The maximum atomic E-state index is 5.50. The van der Waals surface area contributed by atoms with Crippen molar-refractivity contribution in [1.29, 1.82) is 0 Å². The van der Waals surface area contributed by atoms with Crippen molar-refractivity contribution in [3.8, 4) is 0 Å². The lowest BCUT2D eigenvalue weighted by Crippen LogP contribution is -2.11. The first kappa shape index (κ1) is 10.7. The lowest BCUT2D eigenvalue weighted by molar-refractivity contribution is 0.802. The summed E-state index contributed by atoms with van der Waals surface area (Å²) in [5.74, 6) is 0.382. The van der Waals surface area contributed by atoms with Gasteiger partial charge in [0.15, 0.2) is 0 Å². The Kier molecular flexibility index (Phi) is 3.88. The van der Waals surface area contributed by atoms with Crippen LogP contribution >= 0.6 is 28.1 Å². The summed E-state index contributed by atoms with van der Waals surface area (Å²) in [5.41, 5.74) is 6.76. The van der Waals surface area contributed by atoms with Crippen LogP contribution in [0.15, 0.2) is 28.7 Å². The van der Waals surface area contributed by atoms with Gasteiger partial charge in [-0.2, -0.15) is 0 Å². The summed E-state index contributed by atoms with van der Waals surface area (Å²) in [5, 5.41) is 0. The van der Waals surface area contributed by atoms with Crippen molar-refractivity contribution in [2.45, 2.75) is 19.3 Å². The second-order valence-electron chi connectivity index (χ2n) is 3.09. The Balaban J connectivity index is 2.82. The maximum Gasteiger partial charge on any atom is 0.0733 e. The number of halogens is 1. The molecule has 0 amide bonds. The van der Waals surface area contributed by atoms with Crippen LogP contribution in [-0.4, -0.2) is 4.99 Å². The Bertz CT molecular complexity index is 312. The van der Waals surface area contributed by atoms with Crippen molar-refractivity contribution in [2.75, 3.05) is 0 Å². The normalized spacial score (nSPS) is 12.5. The first-order valence-electron chi connectivity index (χ1n) is 4.14. The van der Waals surface area contributed by atoms with Gasteiger partial charge in [-0.25, -0.2) is 0 Å². The molecule has 3 heteroatoms. The monoisotopic (exact) mass is 257 g/mol. The molecule has 0 radical (unpaired) electrons. The lowest BCUT2D eigenvalue weighted by atomic mass is 9.98. The average molecular weight is 258 g/mol. The highest BCUT2D eigenvalue weighted by Gasteiger charge is 2.09. The minimum atomic E-state index is 0.382. The highest BCUT2D eigenvalue weighted by molar-refractivity contribution is 9.10. The van der Waals surface area contributed by atoms with Gasteiger partial charge < -0.3 is 5.73 Å². The lowest BCUT2D eigenvalue weighted by Gasteiger charge is -2.12. The molecule has 70 valence electrons. The quantitative estimate of drug-likeness (QED) is 0.842. The fourth-order valence-corrected chi connectivity index (χ4v) is 2.21. The molecule has 1 atom stereocenters. The number of benzene rings is 1. The number of thiocarbonyl (C=S) groups is 1. The molecule has 0 saturated heterocycles. The van der Waals surface area contributed by atoms with Crippen LogP contribution in [0.5, 0.6) is 0 Å². The fraction of sp³-hybridized carbons (Fsp3) is 0.300. The number of hydrogen-bond acceptors (Lipinski definition) is 1. The molecule has 0 aliphatic heterocycles. The molecule has 0 bridgehead atoms. The van der Waals surface area contributed by atoms with Crippen molar-refractivity contribution < 1.29 is 0 Å². The summed E-state index contributed by atoms with van der Waals surface area (Å²) in [6, 6.07) is 8.15. The van der Waals surface area contributed by atoms with Crippen LogP contribution in [0.3, 0.4) is 0 Å². The molecule has 1 rings (SSSR count).